The molecule has 0 bridgehead atoms. The Morgan fingerprint density at radius 2 is 1.00 bits per heavy atom. The third-order valence-electron chi connectivity index (χ3n) is 3.96. The van der Waals surface area contributed by atoms with Gasteiger partial charge in [-0.1, -0.05) is 49.6 Å². The summed E-state index contributed by atoms with van der Waals surface area (Å²) in [6, 6.07) is 16.0. The predicted octanol–water partition coefficient (Wildman–Crippen LogP) is 4.44. The zero-order valence-corrected chi connectivity index (χ0v) is 16.4. The van der Waals surface area contributed by atoms with E-state index in [9.17, 15) is 16.8 Å². The molecule has 0 saturated heterocycles. The van der Waals surface area contributed by atoms with Gasteiger partial charge in [0.1, 0.15) is 0 Å². The van der Waals surface area contributed by atoms with E-state index in [1.54, 1.807) is 36.4 Å². The summed E-state index contributed by atoms with van der Waals surface area (Å²) < 4.78 is 50.5. The number of allylic oxidation sites excluding steroid dienone is 2. The fourth-order valence-corrected chi connectivity index (χ4v) is 5.33. The highest BCUT2D eigenvalue weighted by Gasteiger charge is 2.22. The van der Waals surface area contributed by atoms with Crippen LogP contribution in [-0.4, -0.2) is 16.8 Å². The highest BCUT2D eigenvalue weighted by atomic mass is 32.2. The predicted molar refractivity (Wildman–Crippen MR) is 106 cm³/mol. The molecule has 0 fully saturated rings. The van der Waals surface area contributed by atoms with Crippen molar-refractivity contribution in [1.29, 1.82) is 0 Å². The van der Waals surface area contributed by atoms with Crippen LogP contribution in [0.2, 0.25) is 0 Å². The average molecular weight is 401 g/mol. The Labute approximate surface area is 160 Å². The minimum Gasteiger partial charge on any atom is -0.218 e. The summed E-state index contributed by atoms with van der Waals surface area (Å²) in [7, 11) is -7.39. The van der Waals surface area contributed by atoms with Crippen molar-refractivity contribution < 1.29 is 16.8 Å². The van der Waals surface area contributed by atoms with E-state index in [4.69, 9.17) is 0 Å². The van der Waals surface area contributed by atoms with Crippen molar-refractivity contribution >= 4 is 19.7 Å². The van der Waals surface area contributed by atoms with Crippen molar-refractivity contribution in [1.82, 2.24) is 0 Å². The molecule has 0 amide bonds. The summed E-state index contributed by atoms with van der Waals surface area (Å²) in [4.78, 5) is 0.392. The van der Waals surface area contributed by atoms with Crippen molar-refractivity contribution in [2.45, 2.75) is 29.1 Å². The van der Waals surface area contributed by atoms with Crippen LogP contribution in [-0.2, 0) is 19.7 Å². The zero-order chi connectivity index (χ0) is 19.9. The highest BCUT2D eigenvalue weighted by molar-refractivity contribution is 7.95. The lowest BCUT2D eigenvalue weighted by Crippen LogP contribution is -2.07. The van der Waals surface area contributed by atoms with Gasteiger partial charge in [-0.2, -0.15) is 0 Å². The van der Waals surface area contributed by atoms with Gasteiger partial charge >= 0.3 is 0 Å². The molecule has 0 aliphatic carbocycles. The molecule has 0 aromatic heterocycles. The number of hydrogen-bond acceptors (Lipinski definition) is 4. The molecule has 0 radical (unpaired) electrons. The molecule has 27 heavy (non-hydrogen) atoms. The lowest BCUT2D eigenvalue weighted by molar-refractivity contribution is 0.598. The second-order valence-electron chi connectivity index (χ2n) is 5.69. The standard InChI is InChI=1S/C21H20O4S2/c1-3-18(26(22,23)20-12-7-5-8-13-20)16-11-17-19(4-2)27(24,25)21-14-9-6-10-15-21/h5-10,12-15H,1-2,11,16-17H2. The van der Waals surface area contributed by atoms with Crippen LogP contribution in [0.15, 0.2) is 105 Å². The maximum absolute atomic E-state index is 12.6. The highest BCUT2D eigenvalue weighted by Crippen LogP contribution is 2.26. The molecule has 6 heteroatoms. The van der Waals surface area contributed by atoms with Gasteiger partial charge in [0.25, 0.3) is 0 Å². The molecule has 4 nitrogen and oxygen atoms in total. The van der Waals surface area contributed by atoms with Gasteiger partial charge < -0.3 is 0 Å². The molecule has 0 N–H and O–H groups in total. The van der Waals surface area contributed by atoms with Crippen LogP contribution in [0.1, 0.15) is 19.3 Å². The first kappa shape index (κ1) is 20.7. The van der Waals surface area contributed by atoms with Crippen LogP contribution >= 0.6 is 0 Å². The van der Waals surface area contributed by atoms with Crippen molar-refractivity contribution in [3.8, 4) is 0 Å². The Hall–Kier alpha value is -2.62. The first-order valence-electron chi connectivity index (χ1n) is 8.22. The lowest BCUT2D eigenvalue weighted by atomic mass is 10.2. The Kier molecular flexibility index (Phi) is 6.78. The van der Waals surface area contributed by atoms with Gasteiger partial charge in [0.2, 0.25) is 19.7 Å². The third-order valence-corrected chi connectivity index (χ3v) is 7.74. The van der Waals surface area contributed by atoms with Gasteiger partial charge in [-0.15, -0.1) is 11.5 Å². The summed E-state index contributed by atoms with van der Waals surface area (Å²) in [6.45, 7) is 6.95. The van der Waals surface area contributed by atoms with Gasteiger partial charge in [-0.25, -0.2) is 16.8 Å². The molecule has 0 unspecified atom stereocenters. The van der Waals surface area contributed by atoms with Gasteiger partial charge in [0.15, 0.2) is 0 Å². The minimum atomic E-state index is -3.70. The summed E-state index contributed by atoms with van der Waals surface area (Å²) in [6.07, 6.45) is 0.528. The maximum atomic E-state index is 12.6. The number of sulfone groups is 2. The quantitative estimate of drug-likeness (QED) is 0.614. The first-order valence-corrected chi connectivity index (χ1v) is 11.2. The summed E-state index contributed by atoms with van der Waals surface area (Å²) >= 11 is 0. The Morgan fingerprint density at radius 3 is 1.30 bits per heavy atom. The average Bonchev–Trinajstić information content (AvgIpc) is 2.69. The van der Waals surface area contributed by atoms with Crippen LogP contribution < -0.4 is 0 Å². The molecule has 2 aromatic carbocycles. The monoisotopic (exact) mass is 400 g/mol. The fourth-order valence-electron chi connectivity index (χ4n) is 2.53. The smallest absolute Gasteiger partial charge is 0.209 e. The van der Waals surface area contributed by atoms with E-state index in [-0.39, 0.29) is 38.9 Å². The van der Waals surface area contributed by atoms with Crippen molar-refractivity contribution in [2.24, 2.45) is 0 Å². The summed E-state index contributed by atoms with van der Waals surface area (Å²) in [5, 5.41) is 0. The molecular formula is C21H20O4S2. The van der Waals surface area contributed by atoms with E-state index in [1.165, 1.54) is 24.3 Å². The first-order chi connectivity index (χ1) is 12.8. The molecule has 140 valence electrons. The second-order valence-corrected chi connectivity index (χ2v) is 9.63. The van der Waals surface area contributed by atoms with Crippen LogP contribution in [0, 0.1) is 0 Å². The van der Waals surface area contributed by atoms with Gasteiger partial charge in [0, 0.05) is 0 Å². The summed E-state index contributed by atoms with van der Waals surface area (Å²) in [5.41, 5.74) is 4.97. The molecule has 0 spiro atoms. The Balaban J connectivity index is 2.14. The molecule has 2 aromatic rings. The molecule has 0 saturated carbocycles. The SMILES string of the molecule is C=C=C(CCCC(=C=C)S(=O)(=O)c1ccccc1)S(=O)(=O)c1ccccc1. The van der Waals surface area contributed by atoms with Gasteiger partial charge in [-0.05, 0) is 43.5 Å². The molecule has 2 rings (SSSR count). The number of hydrogen-bond donors (Lipinski definition) is 0. The largest absolute Gasteiger partial charge is 0.218 e. The van der Waals surface area contributed by atoms with Gasteiger partial charge in [-0.3, -0.25) is 0 Å². The number of rotatable bonds is 8. The van der Waals surface area contributed by atoms with E-state index in [1.807, 2.05) is 0 Å². The Bertz CT molecular complexity index is 1010. The van der Waals surface area contributed by atoms with E-state index in [0.29, 0.717) is 0 Å². The topological polar surface area (TPSA) is 68.3 Å². The van der Waals surface area contributed by atoms with Crippen LogP contribution in [0.3, 0.4) is 0 Å². The van der Waals surface area contributed by atoms with E-state index in [2.05, 4.69) is 24.6 Å². The Morgan fingerprint density at radius 1 is 0.667 bits per heavy atom. The second kappa shape index (κ2) is 8.85. The molecule has 0 aliphatic heterocycles. The molecule has 0 aliphatic rings. The maximum Gasteiger partial charge on any atom is 0.209 e. The fraction of sp³-hybridized carbons (Fsp3) is 0.143. The normalized spacial score (nSPS) is 11.3. The minimum absolute atomic E-state index is 0.0363. The molecule has 0 atom stereocenters. The lowest BCUT2D eigenvalue weighted by Gasteiger charge is -2.09. The summed E-state index contributed by atoms with van der Waals surface area (Å²) in [5.74, 6) is 0. The van der Waals surface area contributed by atoms with Crippen LogP contribution in [0.5, 0.6) is 0 Å². The van der Waals surface area contributed by atoms with Crippen molar-refractivity contribution in [3.05, 3.63) is 95.1 Å². The van der Waals surface area contributed by atoms with E-state index in [0.717, 1.165) is 0 Å². The molecular weight excluding hydrogens is 380 g/mol. The van der Waals surface area contributed by atoms with Crippen LogP contribution in [0.4, 0.5) is 0 Å². The molecule has 0 heterocycles. The van der Waals surface area contributed by atoms with Gasteiger partial charge in [0.05, 0.1) is 19.6 Å². The zero-order valence-electron chi connectivity index (χ0n) is 14.8. The van der Waals surface area contributed by atoms with Crippen molar-refractivity contribution in [3.63, 3.8) is 0 Å². The van der Waals surface area contributed by atoms with Crippen LogP contribution in [0.25, 0.3) is 0 Å². The van der Waals surface area contributed by atoms with Crippen molar-refractivity contribution in [2.75, 3.05) is 0 Å². The van der Waals surface area contributed by atoms with E-state index < -0.39 is 19.7 Å². The number of benzene rings is 2. The van der Waals surface area contributed by atoms with E-state index >= 15 is 0 Å². The third kappa shape index (κ3) is 4.76.